The van der Waals surface area contributed by atoms with Gasteiger partial charge in [-0.1, -0.05) is 94.7 Å². The molecule has 0 radical (unpaired) electrons. The van der Waals surface area contributed by atoms with Crippen LogP contribution in [0.15, 0.2) is 60.7 Å². The van der Waals surface area contributed by atoms with Crippen molar-refractivity contribution in [2.75, 3.05) is 13.6 Å². The first-order valence-electron chi connectivity index (χ1n) is 10.7. The molecule has 0 aliphatic rings. The number of unbranched alkanes of at least 4 members (excludes halogenated alkanes) is 9. The number of para-hydroxylation sites is 2. The molecule has 0 saturated carbocycles. The van der Waals surface area contributed by atoms with Crippen LogP contribution < -0.4 is 4.48 Å². The Labute approximate surface area is 161 Å². The van der Waals surface area contributed by atoms with Crippen molar-refractivity contribution in [3.05, 3.63) is 60.7 Å². The van der Waals surface area contributed by atoms with Gasteiger partial charge in [-0.05, 0) is 37.1 Å². The fourth-order valence-electron chi connectivity index (χ4n) is 3.84. The van der Waals surface area contributed by atoms with E-state index in [0.29, 0.717) is 0 Å². The fraction of sp³-hybridized carbons (Fsp3) is 0.520. The van der Waals surface area contributed by atoms with Crippen molar-refractivity contribution in [3.63, 3.8) is 0 Å². The van der Waals surface area contributed by atoms with E-state index in [1.807, 2.05) is 0 Å². The molecule has 0 amide bonds. The summed E-state index contributed by atoms with van der Waals surface area (Å²) < 4.78 is 0.901. The SMILES string of the molecule is CCCCCCCCCCCC[N+](C)(c1ccccc1)c1ccccc1. The molecule has 1 nitrogen and oxygen atoms in total. The van der Waals surface area contributed by atoms with Crippen LogP contribution in [0, 0.1) is 0 Å². The molecule has 0 spiro atoms. The van der Waals surface area contributed by atoms with Crippen LogP contribution in [0.1, 0.15) is 71.1 Å². The Bertz CT molecular complexity index is 536. The molecule has 0 bridgehead atoms. The van der Waals surface area contributed by atoms with Gasteiger partial charge in [0, 0.05) is 0 Å². The minimum Gasteiger partial charge on any atom is -0.261 e. The molecular formula is C25H38N+. The van der Waals surface area contributed by atoms with E-state index in [1.165, 1.54) is 82.1 Å². The summed E-state index contributed by atoms with van der Waals surface area (Å²) in [6, 6.07) is 21.9. The average molecular weight is 353 g/mol. The molecule has 2 rings (SSSR count). The molecule has 0 aliphatic heterocycles. The molecule has 1 heteroatoms. The van der Waals surface area contributed by atoms with Crippen LogP contribution in [0.5, 0.6) is 0 Å². The molecule has 0 saturated heterocycles. The number of hydrogen-bond acceptors (Lipinski definition) is 0. The van der Waals surface area contributed by atoms with E-state index in [4.69, 9.17) is 0 Å². The zero-order valence-corrected chi connectivity index (χ0v) is 17.0. The van der Waals surface area contributed by atoms with Crippen LogP contribution >= 0.6 is 0 Å². The maximum Gasteiger partial charge on any atom is 0.137 e. The summed E-state index contributed by atoms with van der Waals surface area (Å²) >= 11 is 0. The van der Waals surface area contributed by atoms with E-state index in [-0.39, 0.29) is 0 Å². The number of nitrogens with zero attached hydrogens (tertiary/aromatic N) is 1. The van der Waals surface area contributed by atoms with Gasteiger partial charge in [-0.25, -0.2) is 0 Å². The topological polar surface area (TPSA) is 0 Å². The van der Waals surface area contributed by atoms with Gasteiger partial charge in [0.25, 0.3) is 0 Å². The number of quaternary nitrogens is 1. The van der Waals surface area contributed by atoms with E-state index < -0.39 is 0 Å². The van der Waals surface area contributed by atoms with Gasteiger partial charge in [0.1, 0.15) is 11.4 Å². The standard InChI is InChI=1S/C25H38N/c1-3-4-5-6-7-8-9-10-11-18-23-26(2,24-19-14-12-15-20-24)25-21-16-13-17-22-25/h12-17,19-22H,3-11,18,23H2,1-2H3/q+1. The first kappa shape index (κ1) is 20.7. The quantitative estimate of drug-likeness (QED) is 0.254. The first-order valence-corrected chi connectivity index (χ1v) is 10.7. The van der Waals surface area contributed by atoms with E-state index >= 15 is 0 Å². The lowest BCUT2D eigenvalue weighted by molar-refractivity contribution is 0.429. The van der Waals surface area contributed by atoms with Gasteiger partial charge in [0.15, 0.2) is 0 Å². The monoisotopic (exact) mass is 352 g/mol. The summed E-state index contributed by atoms with van der Waals surface area (Å²) in [7, 11) is 2.36. The van der Waals surface area contributed by atoms with E-state index in [0.717, 1.165) is 4.48 Å². The summed E-state index contributed by atoms with van der Waals surface area (Å²) in [6.07, 6.45) is 13.9. The number of rotatable bonds is 13. The molecule has 2 aromatic carbocycles. The summed E-state index contributed by atoms with van der Waals surface area (Å²) in [5.41, 5.74) is 2.77. The molecule has 2 aromatic rings. The third kappa shape index (κ3) is 6.61. The van der Waals surface area contributed by atoms with Crippen LogP contribution in [-0.2, 0) is 0 Å². The largest absolute Gasteiger partial charge is 0.261 e. The zero-order chi connectivity index (χ0) is 18.5. The van der Waals surface area contributed by atoms with Gasteiger partial charge < -0.3 is 0 Å². The third-order valence-electron chi connectivity index (χ3n) is 5.61. The first-order chi connectivity index (χ1) is 12.8. The Morgan fingerprint density at radius 2 is 0.923 bits per heavy atom. The van der Waals surface area contributed by atoms with Crippen molar-refractivity contribution in [3.8, 4) is 0 Å². The Morgan fingerprint density at radius 3 is 1.35 bits per heavy atom. The normalized spacial score (nSPS) is 11.6. The predicted octanol–water partition coefficient (Wildman–Crippen LogP) is 7.88. The van der Waals surface area contributed by atoms with Crippen molar-refractivity contribution >= 4 is 11.4 Å². The molecule has 0 unspecified atom stereocenters. The van der Waals surface area contributed by atoms with Crippen LogP contribution in [0.4, 0.5) is 11.4 Å². The van der Waals surface area contributed by atoms with Crippen molar-refractivity contribution < 1.29 is 0 Å². The summed E-state index contributed by atoms with van der Waals surface area (Å²) in [5.74, 6) is 0. The van der Waals surface area contributed by atoms with E-state index in [2.05, 4.69) is 74.6 Å². The Kier molecular flexibility index (Phi) is 9.48. The molecule has 142 valence electrons. The molecule has 0 heterocycles. The molecule has 26 heavy (non-hydrogen) atoms. The third-order valence-corrected chi connectivity index (χ3v) is 5.61. The van der Waals surface area contributed by atoms with E-state index in [9.17, 15) is 0 Å². The van der Waals surface area contributed by atoms with Gasteiger partial charge in [-0.15, -0.1) is 0 Å². The van der Waals surface area contributed by atoms with Gasteiger partial charge in [-0.3, -0.25) is 4.48 Å². The van der Waals surface area contributed by atoms with Crippen LogP contribution in [0.2, 0.25) is 0 Å². The lowest BCUT2D eigenvalue weighted by Crippen LogP contribution is -2.40. The molecule has 0 atom stereocenters. The van der Waals surface area contributed by atoms with Crippen molar-refractivity contribution in [1.29, 1.82) is 0 Å². The smallest absolute Gasteiger partial charge is 0.137 e. The van der Waals surface area contributed by atoms with Gasteiger partial charge in [0.2, 0.25) is 0 Å². The van der Waals surface area contributed by atoms with Crippen molar-refractivity contribution in [2.24, 2.45) is 0 Å². The second kappa shape index (κ2) is 11.9. The minimum absolute atomic E-state index is 0.901. The summed E-state index contributed by atoms with van der Waals surface area (Å²) in [4.78, 5) is 0. The molecule has 0 fully saturated rings. The Morgan fingerprint density at radius 1 is 0.538 bits per heavy atom. The minimum atomic E-state index is 0.901. The highest BCUT2D eigenvalue weighted by molar-refractivity contribution is 5.57. The van der Waals surface area contributed by atoms with Crippen LogP contribution in [0.25, 0.3) is 0 Å². The summed E-state index contributed by atoms with van der Waals surface area (Å²) in [6.45, 7) is 3.46. The Hall–Kier alpha value is -1.60. The predicted molar refractivity (Wildman–Crippen MR) is 117 cm³/mol. The highest BCUT2D eigenvalue weighted by Gasteiger charge is 2.27. The summed E-state index contributed by atoms with van der Waals surface area (Å²) in [5, 5.41) is 0. The van der Waals surface area contributed by atoms with Crippen LogP contribution in [0.3, 0.4) is 0 Å². The maximum absolute atomic E-state index is 2.36. The zero-order valence-electron chi connectivity index (χ0n) is 17.0. The highest BCUT2D eigenvalue weighted by atomic mass is 15.3. The molecule has 0 aliphatic carbocycles. The maximum atomic E-state index is 2.36. The van der Waals surface area contributed by atoms with Crippen molar-refractivity contribution in [1.82, 2.24) is 4.48 Å². The van der Waals surface area contributed by atoms with Gasteiger partial charge in [0.05, 0.1) is 13.6 Å². The lowest BCUT2D eigenvalue weighted by Gasteiger charge is -2.33. The molecular weight excluding hydrogens is 314 g/mol. The average Bonchev–Trinajstić information content (AvgIpc) is 2.70. The van der Waals surface area contributed by atoms with Gasteiger partial charge in [-0.2, -0.15) is 0 Å². The highest BCUT2D eigenvalue weighted by Crippen LogP contribution is 2.32. The second-order valence-corrected chi connectivity index (χ2v) is 7.77. The Balaban J connectivity index is 1.78. The van der Waals surface area contributed by atoms with Gasteiger partial charge >= 0.3 is 0 Å². The van der Waals surface area contributed by atoms with E-state index in [1.54, 1.807) is 0 Å². The fourth-order valence-corrected chi connectivity index (χ4v) is 3.84. The number of benzene rings is 2. The molecule has 0 N–H and O–H groups in total. The lowest BCUT2D eigenvalue weighted by atomic mass is 10.1. The van der Waals surface area contributed by atoms with Crippen molar-refractivity contribution in [2.45, 2.75) is 71.1 Å². The number of hydrogen-bond donors (Lipinski definition) is 0. The molecule has 0 aromatic heterocycles. The second-order valence-electron chi connectivity index (χ2n) is 7.77. The van der Waals surface area contributed by atoms with Crippen LogP contribution in [-0.4, -0.2) is 13.6 Å².